The fourth-order valence-electron chi connectivity index (χ4n) is 1.66. The normalized spacial score (nSPS) is 17.7. The number of nitrogens with one attached hydrogen (secondary N) is 1. The first-order chi connectivity index (χ1) is 7.24. The summed E-state index contributed by atoms with van der Waals surface area (Å²) in [6.07, 6.45) is 3.04. The van der Waals surface area contributed by atoms with Gasteiger partial charge in [0.15, 0.2) is 0 Å². The van der Waals surface area contributed by atoms with Crippen LogP contribution in [0.15, 0.2) is 24.3 Å². The molecule has 1 fully saturated rings. The van der Waals surface area contributed by atoms with Crippen LogP contribution in [0.4, 0.5) is 0 Å². The number of rotatable bonds is 5. The molecule has 2 heteroatoms. The lowest BCUT2D eigenvalue weighted by Gasteiger charge is -2.11. The molecule has 0 heterocycles. The summed E-state index contributed by atoms with van der Waals surface area (Å²) in [6.45, 7) is 2.80. The highest BCUT2D eigenvalue weighted by Gasteiger charge is 2.21. The van der Waals surface area contributed by atoms with Crippen molar-refractivity contribution in [2.75, 3.05) is 6.54 Å². The highest BCUT2D eigenvalue weighted by atomic mass is 16.3. The molecule has 1 atom stereocenters. The molecule has 1 aromatic rings. The average Bonchev–Trinajstić information content (AvgIpc) is 3.02. The lowest BCUT2D eigenvalue weighted by molar-refractivity contribution is 0.171. The number of hydrogen-bond donors (Lipinski definition) is 2. The summed E-state index contributed by atoms with van der Waals surface area (Å²) in [6, 6.07) is 9.05. The van der Waals surface area contributed by atoms with Gasteiger partial charge >= 0.3 is 0 Å². The third kappa shape index (κ3) is 3.65. The van der Waals surface area contributed by atoms with E-state index >= 15 is 0 Å². The smallest absolute Gasteiger partial charge is 0.0704 e. The van der Waals surface area contributed by atoms with E-state index in [2.05, 4.69) is 36.5 Å². The molecule has 2 N–H and O–H groups in total. The van der Waals surface area contributed by atoms with E-state index in [1.54, 1.807) is 0 Å². The van der Waals surface area contributed by atoms with Gasteiger partial charge in [-0.2, -0.15) is 0 Å². The molecule has 0 amide bonds. The van der Waals surface area contributed by atoms with Gasteiger partial charge in [0.1, 0.15) is 0 Å². The monoisotopic (exact) mass is 205 g/mol. The van der Waals surface area contributed by atoms with Crippen molar-refractivity contribution < 1.29 is 5.11 Å². The summed E-state index contributed by atoms with van der Waals surface area (Å²) in [4.78, 5) is 0. The Balaban J connectivity index is 1.76. The number of aliphatic hydroxyl groups is 1. The maximum atomic E-state index is 9.79. The molecule has 0 saturated heterocycles. The molecule has 1 aliphatic carbocycles. The van der Waals surface area contributed by atoms with Crippen LogP contribution in [-0.2, 0) is 6.42 Å². The predicted octanol–water partition coefficient (Wildman–Crippen LogP) is 1.65. The maximum absolute atomic E-state index is 9.79. The third-order valence-corrected chi connectivity index (χ3v) is 2.81. The van der Waals surface area contributed by atoms with Gasteiger partial charge in [-0.1, -0.05) is 29.8 Å². The van der Waals surface area contributed by atoms with E-state index in [1.807, 2.05) is 0 Å². The molecule has 15 heavy (non-hydrogen) atoms. The molecule has 1 saturated carbocycles. The molecule has 0 aromatic heterocycles. The van der Waals surface area contributed by atoms with Crippen LogP contribution < -0.4 is 5.32 Å². The molecular formula is C13H19NO. The van der Waals surface area contributed by atoms with E-state index in [-0.39, 0.29) is 6.10 Å². The second-order valence-corrected chi connectivity index (χ2v) is 4.53. The van der Waals surface area contributed by atoms with Gasteiger partial charge in [-0.3, -0.25) is 0 Å². The first-order valence-electron chi connectivity index (χ1n) is 5.71. The molecule has 2 nitrogen and oxygen atoms in total. The predicted molar refractivity (Wildman–Crippen MR) is 61.9 cm³/mol. The Morgan fingerprint density at radius 1 is 1.33 bits per heavy atom. The van der Waals surface area contributed by atoms with Gasteiger partial charge in [0.25, 0.3) is 0 Å². The molecule has 0 bridgehead atoms. The number of hydrogen-bond acceptors (Lipinski definition) is 2. The van der Waals surface area contributed by atoms with E-state index in [1.165, 1.54) is 24.0 Å². The zero-order valence-electron chi connectivity index (χ0n) is 9.24. The van der Waals surface area contributed by atoms with Gasteiger partial charge < -0.3 is 10.4 Å². The molecule has 0 radical (unpaired) electrons. The Morgan fingerprint density at radius 2 is 2.00 bits per heavy atom. The molecule has 82 valence electrons. The molecule has 0 spiro atoms. The summed E-state index contributed by atoms with van der Waals surface area (Å²) < 4.78 is 0. The van der Waals surface area contributed by atoms with Crippen molar-refractivity contribution in [3.63, 3.8) is 0 Å². The van der Waals surface area contributed by atoms with Crippen LogP contribution in [0.1, 0.15) is 24.0 Å². The lowest BCUT2D eigenvalue weighted by Crippen LogP contribution is -2.29. The van der Waals surface area contributed by atoms with E-state index in [9.17, 15) is 5.11 Å². The quantitative estimate of drug-likeness (QED) is 0.766. The Bertz CT molecular complexity index is 303. The Morgan fingerprint density at radius 3 is 2.60 bits per heavy atom. The van der Waals surface area contributed by atoms with Gasteiger partial charge in [0.05, 0.1) is 6.10 Å². The molecule has 1 aliphatic rings. The number of aryl methyl sites for hydroxylation is 1. The number of aliphatic hydroxyl groups excluding tert-OH is 1. The minimum atomic E-state index is -0.256. The first kappa shape index (κ1) is 10.7. The van der Waals surface area contributed by atoms with Crippen molar-refractivity contribution in [1.82, 2.24) is 5.32 Å². The standard InChI is InChI=1S/C13H19NO/c1-10-2-4-11(5-3-10)8-13(15)9-14-12-6-7-12/h2-5,12-15H,6-9H2,1H3. The fraction of sp³-hybridized carbons (Fsp3) is 0.538. The van der Waals surface area contributed by atoms with Gasteiger partial charge in [0.2, 0.25) is 0 Å². The summed E-state index contributed by atoms with van der Waals surface area (Å²) in [7, 11) is 0. The van der Waals surface area contributed by atoms with E-state index < -0.39 is 0 Å². The largest absolute Gasteiger partial charge is 0.391 e. The van der Waals surface area contributed by atoms with Crippen LogP contribution >= 0.6 is 0 Å². The summed E-state index contributed by atoms with van der Waals surface area (Å²) in [5.41, 5.74) is 2.48. The van der Waals surface area contributed by atoms with Crippen molar-refractivity contribution in [3.8, 4) is 0 Å². The van der Waals surface area contributed by atoms with Crippen LogP contribution in [0.2, 0.25) is 0 Å². The van der Waals surface area contributed by atoms with Crippen molar-refractivity contribution in [2.24, 2.45) is 0 Å². The van der Waals surface area contributed by atoms with Gasteiger partial charge in [-0.05, 0) is 31.7 Å². The van der Waals surface area contributed by atoms with Crippen LogP contribution in [0.5, 0.6) is 0 Å². The van der Waals surface area contributed by atoms with Crippen LogP contribution in [0.25, 0.3) is 0 Å². The average molecular weight is 205 g/mol. The maximum Gasteiger partial charge on any atom is 0.0704 e. The van der Waals surface area contributed by atoms with Crippen molar-refractivity contribution >= 4 is 0 Å². The SMILES string of the molecule is Cc1ccc(CC(O)CNC2CC2)cc1. The van der Waals surface area contributed by atoms with Crippen LogP contribution in [0.3, 0.4) is 0 Å². The summed E-state index contributed by atoms with van der Waals surface area (Å²) in [5, 5.41) is 13.1. The minimum absolute atomic E-state index is 0.256. The highest BCUT2D eigenvalue weighted by Crippen LogP contribution is 2.18. The molecular weight excluding hydrogens is 186 g/mol. The molecule has 1 unspecified atom stereocenters. The Labute approximate surface area is 91.3 Å². The van der Waals surface area contributed by atoms with Gasteiger partial charge in [-0.15, -0.1) is 0 Å². The van der Waals surface area contributed by atoms with Crippen molar-refractivity contribution in [1.29, 1.82) is 0 Å². The molecule has 1 aromatic carbocycles. The minimum Gasteiger partial charge on any atom is -0.391 e. The van der Waals surface area contributed by atoms with E-state index in [0.717, 1.165) is 13.0 Å². The second kappa shape index (κ2) is 4.77. The van der Waals surface area contributed by atoms with Crippen LogP contribution in [-0.4, -0.2) is 23.8 Å². The first-order valence-corrected chi connectivity index (χ1v) is 5.71. The third-order valence-electron chi connectivity index (χ3n) is 2.81. The molecule has 0 aliphatic heterocycles. The second-order valence-electron chi connectivity index (χ2n) is 4.53. The van der Waals surface area contributed by atoms with Gasteiger partial charge in [-0.25, -0.2) is 0 Å². The molecule has 2 rings (SSSR count). The lowest BCUT2D eigenvalue weighted by atomic mass is 10.1. The van der Waals surface area contributed by atoms with Gasteiger partial charge in [0, 0.05) is 12.6 Å². The zero-order chi connectivity index (χ0) is 10.7. The van der Waals surface area contributed by atoms with E-state index in [0.29, 0.717) is 6.04 Å². The Hall–Kier alpha value is -0.860. The summed E-state index contributed by atoms with van der Waals surface area (Å²) in [5.74, 6) is 0. The van der Waals surface area contributed by atoms with Crippen LogP contribution in [0, 0.1) is 6.92 Å². The van der Waals surface area contributed by atoms with Crippen molar-refractivity contribution in [2.45, 2.75) is 38.3 Å². The number of benzene rings is 1. The van der Waals surface area contributed by atoms with E-state index in [4.69, 9.17) is 0 Å². The summed E-state index contributed by atoms with van der Waals surface area (Å²) >= 11 is 0. The topological polar surface area (TPSA) is 32.3 Å². The Kier molecular flexibility index (Phi) is 3.39. The zero-order valence-corrected chi connectivity index (χ0v) is 9.24. The highest BCUT2D eigenvalue weighted by molar-refractivity contribution is 5.21. The van der Waals surface area contributed by atoms with Crippen molar-refractivity contribution in [3.05, 3.63) is 35.4 Å². The fourth-order valence-corrected chi connectivity index (χ4v) is 1.66.